The van der Waals surface area contributed by atoms with Gasteiger partial charge in [-0.2, -0.15) is 0 Å². The Bertz CT molecular complexity index is 611. The molecule has 0 amide bonds. The minimum atomic E-state index is -1.53. The number of hydrogen-bond acceptors (Lipinski definition) is 3. The van der Waals surface area contributed by atoms with Gasteiger partial charge in [-0.05, 0) is 12.1 Å². The maximum absolute atomic E-state index is 13.2. The zero-order valence-corrected chi connectivity index (χ0v) is 10.4. The monoisotopic (exact) mass is 270 g/mol. The molecule has 1 heterocycles. The van der Waals surface area contributed by atoms with E-state index >= 15 is 0 Å². The average Bonchev–Trinajstić information content (AvgIpc) is 2.63. The molecule has 0 saturated heterocycles. The normalized spacial score (nSPS) is 11.3. The van der Waals surface area contributed by atoms with Crippen molar-refractivity contribution in [2.75, 3.05) is 11.6 Å². The number of benzene rings is 1. The fourth-order valence-electron chi connectivity index (χ4n) is 1.78. The molecule has 7 heteroatoms. The summed E-state index contributed by atoms with van der Waals surface area (Å²) >= 11 is 0. The highest BCUT2D eigenvalue weighted by Gasteiger charge is 2.19. The number of nitrogens with two attached hydrogens (primary N) is 2. The molecule has 0 bridgehead atoms. The number of nitrogens with zero attached hydrogens (tertiary/aromatic N) is 2. The summed E-state index contributed by atoms with van der Waals surface area (Å²) in [6.45, 7) is 3.70. The van der Waals surface area contributed by atoms with Crippen molar-refractivity contribution >= 4 is 5.82 Å². The molecule has 2 aromatic rings. The van der Waals surface area contributed by atoms with Gasteiger partial charge in [-0.1, -0.05) is 13.8 Å². The van der Waals surface area contributed by atoms with Crippen LogP contribution in [0.15, 0.2) is 12.1 Å². The van der Waals surface area contributed by atoms with Crippen LogP contribution in [0.2, 0.25) is 0 Å². The fraction of sp³-hybridized carbons (Fsp3) is 0.250. The third-order valence-electron chi connectivity index (χ3n) is 2.75. The molecule has 4 N–H and O–H groups in total. The van der Waals surface area contributed by atoms with Crippen LogP contribution in [0.3, 0.4) is 0 Å². The molecule has 0 saturated carbocycles. The second-order valence-electron chi connectivity index (χ2n) is 4.48. The second-order valence-corrected chi connectivity index (χ2v) is 4.48. The van der Waals surface area contributed by atoms with Gasteiger partial charge in [-0.3, -0.25) is 0 Å². The maximum atomic E-state index is 13.2. The molecule has 102 valence electrons. The van der Waals surface area contributed by atoms with Crippen LogP contribution in [0.5, 0.6) is 0 Å². The van der Waals surface area contributed by atoms with Crippen molar-refractivity contribution in [2.24, 2.45) is 0 Å². The summed E-state index contributed by atoms with van der Waals surface area (Å²) in [5, 5.41) is 0. The van der Waals surface area contributed by atoms with E-state index in [2.05, 4.69) is 4.98 Å². The molecular weight excluding hydrogens is 257 g/mol. The average molecular weight is 270 g/mol. The molecule has 0 aliphatic heterocycles. The van der Waals surface area contributed by atoms with Crippen LogP contribution < -0.4 is 11.6 Å². The highest BCUT2D eigenvalue weighted by Crippen LogP contribution is 2.29. The van der Waals surface area contributed by atoms with E-state index in [1.807, 2.05) is 13.8 Å². The SMILES string of the molecule is CC(C)c1nc(-c2cc(F)c(F)c(F)c2)c(N)n1N. The summed E-state index contributed by atoms with van der Waals surface area (Å²) in [6, 6.07) is 1.67. The third-order valence-corrected chi connectivity index (χ3v) is 2.75. The number of hydrogen-bond donors (Lipinski definition) is 2. The summed E-state index contributed by atoms with van der Waals surface area (Å²) in [5.41, 5.74) is 5.92. The van der Waals surface area contributed by atoms with Gasteiger partial charge in [0.2, 0.25) is 0 Å². The van der Waals surface area contributed by atoms with Gasteiger partial charge in [0.25, 0.3) is 0 Å². The van der Waals surface area contributed by atoms with Gasteiger partial charge in [-0.25, -0.2) is 22.8 Å². The van der Waals surface area contributed by atoms with Gasteiger partial charge in [-0.15, -0.1) is 0 Å². The van der Waals surface area contributed by atoms with Crippen molar-refractivity contribution < 1.29 is 13.2 Å². The summed E-state index contributed by atoms with van der Waals surface area (Å²) in [7, 11) is 0. The van der Waals surface area contributed by atoms with E-state index < -0.39 is 17.5 Å². The van der Waals surface area contributed by atoms with E-state index in [-0.39, 0.29) is 23.0 Å². The summed E-state index contributed by atoms with van der Waals surface area (Å²) in [4.78, 5) is 4.15. The molecule has 19 heavy (non-hydrogen) atoms. The standard InChI is InChI=1S/C12H13F3N4/c1-5(2)12-18-10(11(16)19(12)17)6-3-7(13)9(15)8(14)4-6/h3-5H,16-17H2,1-2H3. The molecule has 0 aliphatic rings. The zero-order chi connectivity index (χ0) is 14.3. The second kappa shape index (κ2) is 4.49. The lowest BCUT2D eigenvalue weighted by atomic mass is 10.1. The molecule has 4 nitrogen and oxygen atoms in total. The maximum Gasteiger partial charge on any atom is 0.194 e. The van der Waals surface area contributed by atoms with E-state index in [4.69, 9.17) is 11.6 Å². The van der Waals surface area contributed by atoms with Gasteiger partial charge in [0.15, 0.2) is 23.3 Å². The Kier molecular flexibility index (Phi) is 3.13. The van der Waals surface area contributed by atoms with Crippen LogP contribution in [-0.4, -0.2) is 9.66 Å². The number of rotatable bonds is 2. The van der Waals surface area contributed by atoms with Crippen LogP contribution in [0, 0.1) is 17.5 Å². The van der Waals surface area contributed by atoms with Crippen LogP contribution in [-0.2, 0) is 0 Å². The largest absolute Gasteiger partial charge is 0.382 e. The molecule has 0 aliphatic carbocycles. The Morgan fingerprint density at radius 1 is 1.16 bits per heavy atom. The molecule has 1 aromatic carbocycles. The Labute approximate surface area is 107 Å². The van der Waals surface area contributed by atoms with Gasteiger partial charge >= 0.3 is 0 Å². The quantitative estimate of drug-likeness (QED) is 0.650. The smallest absolute Gasteiger partial charge is 0.194 e. The Morgan fingerprint density at radius 3 is 2.11 bits per heavy atom. The van der Waals surface area contributed by atoms with E-state index in [0.717, 1.165) is 16.8 Å². The van der Waals surface area contributed by atoms with Crippen molar-refractivity contribution in [3.63, 3.8) is 0 Å². The van der Waals surface area contributed by atoms with Crippen LogP contribution in [0.25, 0.3) is 11.3 Å². The number of aromatic nitrogens is 2. The van der Waals surface area contributed by atoms with Crippen molar-refractivity contribution in [1.82, 2.24) is 9.66 Å². The van der Waals surface area contributed by atoms with Crippen LogP contribution in [0.4, 0.5) is 19.0 Å². The summed E-state index contributed by atoms with van der Waals surface area (Å²) in [6.07, 6.45) is 0. The first kappa shape index (κ1) is 13.3. The van der Waals surface area contributed by atoms with E-state index in [0.29, 0.717) is 5.82 Å². The first-order valence-corrected chi connectivity index (χ1v) is 5.61. The Hall–Kier alpha value is -2.18. The molecule has 0 spiro atoms. The third kappa shape index (κ3) is 2.11. The molecular formula is C12H13F3N4. The predicted molar refractivity (Wildman–Crippen MR) is 66.2 cm³/mol. The summed E-state index contributed by atoms with van der Waals surface area (Å²) < 4.78 is 40.5. The lowest BCUT2D eigenvalue weighted by molar-refractivity contribution is 0.447. The van der Waals surface area contributed by atoms with Gasteiger partial charge < -0.3 is 11.6 Å². The topological polar surface area (TPSA) is 69.9 Å². The lowest BCUT2D eigenvalue weighted by Gasteiger charge is -2.04. The Morgan fingerprint density at radius 2 is 1.68 bits per heavy atom. The van der Waals surface area contributed by atoms with Gasteiger partial charge in [0, 0.05) is 11.5 Å². The molecule has 0 fully saturated rings. The van der Waals surface area contributed by atoms with E-state index in [9.17, 15) is 13.2 Å². The van der Waals surface area contributed by atoms with Gasteiger partial charge in [0.05, 0.1) is 0 Å². The highest BCUT2D eigenvalue weighted by molar-refractivity contribution is 5.71. The summed E-state index contributed by atoms with van der Waals surface area (Å²) in [5.74, 6) is 2.10. The minimum absolute atomic E-state index is 0.0174. The number of halogens is 3. The predicted octanol–water partition coefficient (Wildman–Crippen LogP) is 2.39. The van der Waals surface area contributed by atoms with Gasteiger partial charge in [0.1, 0.15) is 11.5 Å². The number of anilines is 1. The van der Waals surface area contributed by atoms with E-state index in [1.165, 1.54) is 0 Å². The Balaban J connectivity index is 2.63. The molecule has 0 radical (unpaired) electrons. The van der Waals surface area contributed by atoms with Crippen molar-refractivity contribution in [3.05, 3.63) is 35.4 Å². The zero-order valence-electron chi connectivity index (χ0n) is 10.4. The lowest BCUT2D eigenvalue weighted by Crippen LogP contribution is -2.16. The van der Waals surface area contributed by atoms with Crippen molar-refractivity contribution in [3.8, 4) is 11.3 Å². The fourth-order valence-corrected chi connectivity index (χ4v) is 1.78. The minimum Gasteiger partial charge on any atom is -0.382 e. The molecule has 2 rings (SSSR count). The van der Waals surface area contributed by atoms with E-state index in [1.54, 1.807) is 0 Å². The van der Waals surface area contributed by atoms with Crippen LogP contribution in [0.1, 0.15) is 25.6 Å². The highest BCUT2D eigenvalue weighted by atomic mass is 19.2. The first-order valence-electron chi connectivity index (χ1n) is 5.61. The van der Waals surface area contributed by atoms with Crippen molar-refractivity contribution in [1.29, 1.82) is 0 Å². The molecule has 1 aromatic heterocycles. The molecule has 0 unspecified atom stereocenters. The van der Waals surface area contributed by atoms with Crippen LogP contribution >= 0.6 is 0 Å². The number of nitrogen functional groups attached to an aromatic ring is 2. The first-order chi connectivity index (χ1) is 8.82. The molecule has 0 atom stereocenters. The number of imidazole rings is 1. The van der Waals surface area contributed by atoms with Crippen molar-refractivity contribution in [2.45, 2.75) is 19.8 Å².